The maximum Gasteiger partial charge on any atom is 0.268 e. The second kappa shape index (κ2) is 7.72. The lowest BCUT2D eigenvalue weighted by Crippen LogP contribution is -2.40. The zero-order valence-corrected chi connectivity index (χ0v) is 17.9. The average molecular weight is 425 g/mol. The normalized spacial score (nSPS) is 17.2. The van der Waals surface area contributed by atoms with Gasteiger partial charge >= 0.3 is 0 Å². The molecule has 1 aliphatic carbocycles. The molecule has 1 N–H and O–H groups in total. The molecule has 6 nitrogen and oxygen atoms in total. The molecule has 0 amide bonds. The fourth-order valence-electron chi connectivity index (χ4n) is 4.23. The van der Waals surface area contributed by atoms with Gasteiger partial charge in [-0.1, -0.05) is 30.3 Å². The summed E-state index contributed by atoms with van der Waals surface area (Å²) in [5.41, 5.74) is 2.55. The Morgan fingerprint density at radius 1 is 0.833 bits per heavy atom. The zero-order chi connectivity index (χ0) is 21.5. The van der Waals surface area contributed by atoms with Gasteiger partial charge in [0.2, 0.25) is 11.6 Å². The number of sulfonamides is 1. The first kappa shape index (κ1) is 20.3. The number of ketones is 2. The summed E-state index contributed by atoms with van der Waals surface area (Å²) in [6.45, 7) is 4.85. The number of likely N-dealkylation sites (tertiary alicyclic amines) is 1. The van der Waals surface area contributed by atoms with Crippen molar-refractivity contribution >= 4 is 27.3 Å². The van der Waals surface area contributed by atoms with Crippen LogP contribution in [-0.4, -0.2) is 38.0 Å². The molecular formula is C23H24N2O4S. The minimum absolute atomic E-state index is 0.00437. The van der Waals surface area contributed by atoms with Gasteiger partial charge < -0.3 is 4.90 Å². The maximum absolute atomic E-state index is 13.4. The van der Waals surface area contributed by atoms with E-state index >= 15 is 0 Å². The molecule has 0 spiro atoms. The lowest BCUT2D eigenvalue weighted by Gasteiger charge is -2.33. The lowest BCUT2D eigenvalue weighted by atomic mass is 9.91. The van der Waals surface area contributed by atoms with Crippen LogP contribution in [0.25, 0.3) is 0 Å². The second-order valence-electron chi connectivity index (χ2n) is 7.91. The molecular weight excluding hydrogens is 400 g/mol. The highest BCUT2D eigenvalue weighted by Gasteiger charge is 2.41. The molecule has 1 saturated heterocycles. The smallest absolute Gasteiger partial charge is 0.268 e. The Morgan fingerprint density at radius 3 is 2.00 bits per heavy atom. The van der Waals surface area contributed by atoms with Crippen LogP contribution in [-0.2, 0) is 10.0 Å². The number of benzene rings is 2. The molecule has 0 radical (unpaired) electrons. The van der Waals surface area contributed by atoms with Crippen molar-refractivity contribution in [3.05, 3.63) is 75.3 Å². The first-order chi connectivity index (χ1) is 14.3. The predicted octanol–water partition coefficient (Wildman–Crippen LogP) is 3.82. The summed E-state index contributed by atoms with van der Waals surface area (Å²) in [5.74, 6) is -1.05. The topological polar surface area (TPSA) is 83.6 Å². The summed E-state index contributed by atoms with van der Waals surface area (Å²) in [6.07, 6.45) is 2.72. The molecule has 1 heterocycles. The van der Waals surface area contributed by atoms with Crippen molar-refractivity contribution < 1.29 is 18.0 Å². The number of hydrogen-bond acceptors (Lipinski definition) is 5. The van der Waals surface area contributed by atoms with E-state index in [2.05, 4.69) is 4.72 Å². The van der Waals surface area contributed by atoms with Crippen LogP contribution >= 0.6 is 0 Å². The van der Waals surface area contributed by atoms with Gasteiger partial charge in [-0.2, -0.15) is 0 Å². The van der Waals surface area contributed by atoms with Crippen LogP contribution in [0.2, 0.25) is 0 Å². The van der Waals surface area contributed by atoms with E-state index in [4.69, 9.17) is 0 Å². The fourth-order valence-corrected chi connectivity index (χ4v) is 5.59. The van der Waals surface area contributed by atoms with E-state index in [0.717, 1.165) is 30.4 Å². The molecule has 7 heteroatoms. The molecule has 0 bridgehead atoms. The van der Waals surface area contributed by atoms with Crippen molar-refractivity contribution in [2.75, 3.05) is 17.8 Å². The maximum atomic E-state index is 13.4. The van der Waals surface area contributed by atoms with Crippen molar-refractivity contribution in [1.82, 2.24) is 4.90 Å². The highest BCUT2D eigenvalue weighted by molar-refractivity contribution is 7.97. The Bertz CT molecular complexity index is 1160. The first-order valence-electron chi connectivity index (χ1n) is 10.1. The number of anilines is 1. The van der Waals surface area contributed by atoms with Crippen molar-refractivity contribution in [3.63, 3.8) is 0 Å². The Kier molecular flexibility index (Phi) is 5.24. The van der Waals surface area contributed by atoms with Gasteiger partial charge in [0.05, 0.1) is 0 Å². The number of Topliss-reactive ketones (excluding diaryl/α,β-unsaturated/α-hetero) is 2. The number of allylic oxidation sites excluding steroid dienone is 2. The van der Waals surface area contributed by atoms with Crippen molar-refractivity contribution in [1.29, 1.82) is 0 Å². The number of carbonyl (C=O) groups excluding carboxylic acids is 2. The van der Waals surface area contributed by atoms with Crippen LogP contribution in [0.15, 0.2) is 53.1 Å². The van der Waals surface area contributed by atoms with E-state index in [1.807, 2.05) is 19.9 Å². The summed E-state index contributed by atoms with van der Waals surface area (Å²) in [4.78, 5) is 28.0. The zero-order valence-electron chi connectivity index (χ0n) is 17.1. The minimum Gasteiger partial charge on any atom is -0.367 e. The van der Waals surface area contributed by atoms with Gasteiger partial charge in [0.15, 0.2) is 4.91 Å². The monoisotopic (exact) mass is 424 g/mol. The fraction of sp³-hybridized carbons (Fsp3) is 0.304. The molecule has 156 valence electrons. The summed E-state index contributed by atoms with van der Waals surface area (Å²) in [7, 11) is -4.28. The quantitative estimate of drug-likeness (QED) is 0.807. The Labute approximate surface area is 176 Å². The molecule has 0 unspecified atom stereocenters. The van der Waals surface area contributed by atoms with Gasteiger partial charge in [0.1, 0.15) is 5.70 Å². The van der Waals surface area contributed by atoms with Gasteiger partial charge in [-0.15, -0.1) is 0 Å². The molecule has 0 atom stereocenters. The third-order valence-electron chi connectivity index (χ3n) is 5.47. The van der Waals surface area contributed by atoms with Crippen LogP contribution in [0, 0.1) is 13.8 Å². The number of hydrogen-bond donors (Lipinski definition) is 1. The van der Waals surface area contributed by atoms with Gasteiger partial charge in [0, 0.05) is 29.9 Å². The minimum atomic E-state index is -4.28. The second-order valence-corrected chi connectivity index (χ2v) is 9.53. The number of piperidine rings is 1. The van der Waals surface area contributed by atoms with E-state index in [0.29, 0.717) is 18.8 Å². The molecule has 2 aromatic carbocycles. The third-order valence-corrected chi connectivity index (χ3v) is 6.89. The average Bonchev–Trinajstić information content (AvgIpc) is 2.70. The number of rotatable bonds is 4. The number of nitrogens with one attached hydrogen (secondary N) is 1. The SMILES string of the molecule is Cc1cc(C)cc(NS(=O)(=O)C2=C(N3CCCCC3)C(=O)c3ccccc3C2=O)c1. The van der Waals surface area contributed by atoms with Crippen LogP contribution in [0.4, 0.5) is 5.69 Å². The highest BCUT2D eigenvalue weighted by Crippen LogP contribution is 2.33. The molecule has 1 fully saturated rings. The third kappa shape index (κ3) is 3.65. The lowest BCUT2D eigenvalue weighted by molar-refractivity contribution is 0.0939. The van der Waals surface area contributed by atoms with Crippen molar-refractivity contribution in [2.45, 2.75) is 33.1 Å². The number of carbonyl (C=O) groups is 2. The summed E-state index contributed by atoms with van der Waals surface area (Å²) >= 11 is 0. The number of nitrogens with zero attached hydrogens (tertiary/aromatic N) is 1. The standard InChI is InChI=1S/C23H24N2O4S/c1-15-12-16(2)14-17(13-15)24-30(28,29)23-20(25-10-6-3-7-11-25)21(26)18-8-4-5-9-19(18)22(23)27/h4-5,8-9,12-14,24H,3,6-7,10-11H2,1-2H3. The summed E-state index contributed by atoms with van der Waals surface area (Å²) in [5, 5.41) is 0. The first-order valence-corrected chi connectivity index (χ1v) is 11.5. The molecule has 4 rings (SSSR count). The van der Waals surface area contributed by atoms with Crippen LogP contribution in [0.3, 0.4) is 0 Å². The van der Waals surface area contributed by atoms with Gasteiger partial charge in [0.25, 0.3) is 10.0 Å². The predicted molar refractivity (Wildman–Crippen MR) is 116 cm³/mol. The van der Waals surface area contributed by atoms with Crippen LogP contribution < -0.4 is 4.72 Å². The molecule has 2 aliphatic rings. The Hall–Kier alpha value is -2.93. The molecule has 0 aromatic heterocycles. The van der Waals surface area contributed by atoms with Gasteiger partial charge in [-0.25, -0.2) is 8.42 Å². The van der Waals surface area contributed by atoms with E-state index < -0.39 is 26.5 Å². The van der Waals surface area contributed by atoms with Gasteiger partial charge in [-0.3, -0.25) is 14.3 Å². The number of fused-ring (bicyclic) bond motifs is 1. The molecule has 0 saturated carbocycles. The van der Waals surface area contributed by atoms with E-state index in [9.17, 15) is 18.0 Å². The van der Waals surface area contributed by atoms with E-state index in [-0.39, 0.29) is 16.8 Å². The summed E-state index contributed by atoms with van der Waals surface area (Å²) < 4.78 is 29.4. The van der Waals surface area contributed by atoms with Crippen LogP contribution in [0.1, 0.15) is 51.1 Å². The molecule has 1 aliphatic heterocycles. The van der Waals surface area contributed by atoms with E-state index in [1.165, 1.54) is 6.07 Å². The Balaban J connectivity index is 1.87. The van der Waals surface area contributed by atoms with Crippen molar-refractivity contribution in [3.8, 4) is 0 Å². The highest BCUT2D eigenvalue weighted by atomic mass is 32.2. The summed E-state index contributed by atoms with van der Waals surface area (Å²) in [6, 6.07) is 11.8. The molecule has 2 aromatic rings. The largest absolute Gasteiger partial charge is 0.367 e. The van der Waals surface area contributed by atoms with Gasteiger partial charge in [-0.05, 0) is 56.4 Å². The molecule has 30 heavy (non-hydrogen) atoms. The number of aryl methyl sites for hydroxylation is 2. The van der Waals surface area contributed by atoms with E-state index in [1.54, 1.807) is 35.2 Å². The van der Waals surface area contributed by atoms with Crippen molar-refractivity contribution in [2.24, 2.45) is 0 Å². The van der Waals surface area contributed by atoms with Crippen LogP contribution in [0.5, 0.6) is 0 Å². The Morgan fingerprint density at radius 2 is 1.40 bits per heavy atom.